The van der Waals surface area contributed by atoms with Crippen molar-refractivity contribution in [3.8, 4) is 0 Å². The van der Waals surface area contributed by atoms with E-state index in [1.54, 1.807) is 19.3 Å². The van der Waals surface area contributed by atoms with Gasteiger partial charge in [0, 0.05) is 19.7 Å². The second kappa shape index (κ2) is 6.19. The van der Waals surface area contributed by atoms with Gasteiger partial charge in [-0.2, -0.15) is 0 Å². The third-order valence-corrected chi connectivity index (χ3v) is 3.76. The number of aromatic nitrogens is 1. The molecule has 1 aliphatic rings. The first kappa shape index (κ1) is 14.1. The van der Waals surface area contributed by atoms with E-state index in [4.69, 9.17) is 0 Å². The largest absolute Gasteiger partial charge is 0.324 e. The number of aryl methyl sites for hydroxylation is 1. The molecule has 1 aliphatic carbocycles. The number of carbonyl (C=O) groups is 1. The lowest BCUT2D eigenvalue weighted by atomic mass is 9.97. The highest BCUT2D eigenvalue weighted by Crippen LogP contribution is 2.20. The zero-order valence-corrected chi connectivity index (χ0v) is 12.5. The Balaban J connectivity index is 2.02. The Morgan fingerprint density at radius 3 is 2.89 bits per heavy atom. The lowest BCUT2D eigenvalue weighted by Gasteiger charge is -2.13. The molecule has 0 bridgehead atoms. The van der Waals surface area contributed by atoms with Gasteiger partial charge < -0.3 is 9.88 Å². The van der Waals surface area contributed by atoms with Gasteiger partial charge in [0.15, 0.2) is 0 Å². The third-order valence-electron chi connectivity index (χ3n) is 3.20. The van der Waals surface area contributed by atoms with Gasteiger partial charge in [-0.25, -0.2) is 0 Å². The third kappa shape index (κ3) is 3.80. The second-order valence-corrected chi connectivity index (χ2v) is 5.68. The van der Waals surface area contributed by atoms with Crippen LogP contribution in [0.3, 0.4) is 0 Å². The first-order chi connectivity index (χ1) is 9.06. The van der Waals surface area contributed by atoms with Crippen molar-refractivity contribution in [1.29, 1.82) is 0 Å². The van der Waals surface area contributed by atoms with Crippen LogP contribution in [0.5, 0.6) is 0 Å². The number of halogens is 1. The van der Waals surface area contributed by atoms with Crippen molar-refractivity contribution in [2.45, 2.75) is 32.1 Å². The molecule has 1 amide bonds. The van der Waals surface area contributed by atoms with Crippen LogP contribution in [0.1, 0.15) is 32.1 Å². The van der Waals surface area contributed by atoms with Gasteiger partial charge in [-0.15, -0.1) is 0 Å². The van der Waals surface area contributed by atoms with Crippen LogP contribution in [0.2, 0.25) is 0 Å². The Kier molecular flexibility index (Phi) is 4.58. The standard InChI is InChI=1S/C14H17BrN2O2/c1-17-9-11(8-12(15)14(17)19)16-13(18)7-10-5-3-2-4-6-10/h5,8-9H,2-4,6-7H2,1H3,(H,16,18). The van der Waals surface area contributed by atoms with Crippen LogP contribution in [0.15, 0.2) is 33.2 Å². The number of anilines is 1. The molecule has 1 heterocycles. The van der Waals surface area contributed by atoms with E-state index >= 15 is 0 Å². The molecule has 0 fully saturated rings. The minimum atomic E-state index is -0.118. The maximum Gasteiger partial charge on any atom is 0.264 e. The van der Waals surface area contributed by atoms with Gasteiger partial charge in [-0.1, -0.05) is 11.6 Å². The van der Waals surface area contributed by atoms with Crippen molar-refractivity contribution in [2.75, 3.05) is 5.32 Å². The van der Waals surface area contributed by atoms with Crippen LogP contribution < -0.4 is 10.9 Å². The van der Waals surface area contributed by atoms with E-state index in [0.29, 0.717) is 16.6 Å². The van der Waals surface area contributed by atoms with Crippen LogP contribution in [0, 0.1) is 0 Å². The summed E-state index contributed by atoms with van der Waals surface area (Å²) in [7, 11) is 1.66. The van der Waals surface area contributed by atoms with Crippen LogP contribution in [-0.2, 0) is 11.8 Å². The summed E-state index contributed by atoms with van der Waals surface area (Å²) in [5.41, 5.74) is 1.73. The summed E-state index contributed by atoms with van der Waals surface area (Å²) in [5, 5.41) is 2.83. The number of hydrogen-bond donors (Lipinski definition) is 1. The highest BCUT2D eigenvalue weighted by molar-refractivity contribution is 9.10. The monoisotopic (exact) mass is 324 g/mol. The van der Waals surface area contributed by atoms with E-state index < -0.39 is 0 Å². The Hall–Kier alpha value is -1.36. The number of nitrogens with zero attached hydrogens (tertiary/aromatic N) is 1. The second-order valence-electron chi connectivity index (χ2n) is 4.83. The van der Waals surface area contributed by atoms with E-state index in [9.17, 15) is 9.59 Å². The molecule has 0 spiro atoms. The van der Waals surface area contributed by atoms with Gasteiger partial charge in [0.25, 0.3) is 5.56 Å². The first-order valence-electron chi connectivity index (χ1n) is 6.40. The molecule has 4 nitrogen and oxygen atoms in total. The minimum Gasteiger partial charge on any atom is -0.324 e. The van der Waals surface area contributed by atoms with Crippen molar-refractivity contribution >= 4 is 27.5 Å². The van der Waals surface area contributed by atoms with Gasteiger partial charge in [0.1, 0.15) is 0 Å². The molecule has 1 aromatic rings. The molecular weight excluding hydrogens is 308 g/mol. The smallest absolute Gasteiger partial charge is 0.264 e. The molecule has 102 valence electrons. The van der Waals surface area contributed by atoms with Crippen LogP contribution >= 0.6 is 15.9 Å². The summed E-state index contributed by atoms with van der Waals surface area (Å²) >= 11 is 3.19. The van der Waals surface area contributed by atoms with Crippen molar-refractivity contribution in [1.82, 2.24) is 4.57 Å². The molecule has 19 heavy (non-hydrogen) atoms. The summed E-state index contributed by atoms with van der Waals surface area (Å²) in [4.78, 5) is 23.5. The van der Waals surface area contributed by atoms with Crippen molar-refractivity contribution < 1.29 is 4.79 Å². The average Bonchev–Trinajstić information content (AvgIpc) is 2.37. The van der Waals surface area contributed by atoms with E-state index in [-0.39, 0.29) is 11.5 Å². The summed E-state index contributed by atoms with van der Waals surface area (Å²) in [6.45, 7) is 0. The Labute approximate surface area is 120 Å². The number of hydrogen-bond acceptors (Lipinski definition) is 2. The van der Waals surface area contributed by atoms with Gasteiger partial charge >= 0.3 is 0 Å². The lowest BCUT2D eigenvalue weighted by molar-refractivity contribution is -0.115. The van der Waals surface area contributed by atoms with E-state index in [0.717, 1.165) is 12.8 Å². The molecule has 0 aliphatic heterocycles. The molecule has 5 heteroatoms. The first-order valence-corrected chi connectivity index (χ1v) is 7.19. The summed E-state index contributed by atoms with van der Waals surface area (Å²) < 4.78 is 1.89. The molecular formula is C14H17BrN2O2. The molecule has 0 saturated carbocycles. The van der Waals surface area contributed by atoms with E-state index in [1.807, 2.05) is 0 Å². The normalized spacial score (nSPS) is 14.9. The summed E-state index contributed by atoms with van der Waals surface area (Å²) in [6, 6.07) is 1.63. The van der Waals surface area contributed by atoms with Crippen LogP contribution in [-0.4, -0.2) is 10.5 Å². The van der Waals surface area contributed by atoms with Crippen molar-refractivity contribution in [2.24, 2.45) is 7.05 Å². The number of nitrogens with one attached hydrogen (secondary N) is 1. The maximum atomic E-state index is 11.9. The lowest BCUT2D eigenvalue weighted by Crippen LogP contribution is -2.19. The molecule has 0 aromatic carbocycles. The quantitative estimate of drug-likeness (QED) is 0.869. The van der Waals surface area contributed by atoms with Gasteiger partial charge in [0.2, 0.25) is 5.91 Å². The number of amides is 1. The fourth-order valence-electron chi connectivity index (χ4n) is 2.22. The van der Waals surface area contributed by atoms with Crippen molar-refractivity contribution in [3.63, 3.8) is 0 Å². The number of rotatable bonds is 3. The number of carbonyl (C=O) groups excluding carboxylic acids is 1. The molecule has 0 unspecified atom stereocenters. The number of allylic oxidation sites excluding steroid dienone is 1. The van der Waals surface area contributed by atoms with E-state index in [1.165, 1.54) is 23.0 Å². The fraction of sp³-hybridized carbons (Fsp3) is 0.429. The topological polar surface area (TPSA) is 51.1 Å². The molecule has 1 aromatic heterocycles. The van der Waals surface area contributed by atoms with Crippen LogP contribution in [0.4, 0.5) is 5.69 Å². The molecule has 0 saturated heterocycles. The van der Waals surface area contributed by atoms with Crippen molar-refractivity contribution in [3.05, 3.63) is 38.7 Å². The van der Waals surface area contributed by atoms with Crippen LogP contribution in [0.25, 0.3) is 0 Å². The molecule has 1 N–H and O–H groups in total. The predicted molar refractivity (Wildman–Crippen MR) is 79.2 cm³/mol. The summed E-state index contributed by atoms with van der Waals surface area (Å²) in [5.74, 6) is -0.0290. The minimum absolute atomic E-state index is 0.0290. The highest BCUT2D eigenvalue weighted by atomic mass is 79.9. The van der Waals surface area contributed by atoms with E-state index in [2.05, 4.69) is 27.3 Å². The highest BCUT2D eigenvalue weighted by Gasteiger charge is 2.10. The zero-order valence-electron chi connectivity index (χ0n) is 10.9. The Bertz CT molecular complexity index is 549. The molecule has 0 atom stereocenters. The maximum absolute atomic E-state index is 11.9. The van der Waals surface area contributed by atoms with Gasteiger partial charge in [-0.3, -0.25) is 9.59 Å². The average molecular weight is 325 g/mol. The Morgan fingerprint density at radius 2 is 2.26 bits per heavy atom. The number of pyridine rings is 1. The SMILES string of the molecule is Cn1cc(NC(=O)CC2=CCCCC2)cc(Br)c1=O. The zero-order chi connectivity index (χ0) is 13.8. The Morgan fingerprint density at radius 1 is 1.47 bits per heavy atom. The van der Waals surface area contributed by atoms with Gasteiger partial charge in [0.05, 0.1) is 10.2 Å². The molecule has 2 rings (SSSR count). The van der Waals surface area contributed by atoms with Gasteiger partial charge in [-0.05, 0) is 47.7 Å². The fourth-order valence-corrected chi connectivity index (χ4v) is 2.74. The molecule has 0 radical (unpaired) electrons. The summed E-state index contributed by atoms with van der Waals surface area (Å²) in [6.07, 6.45) is 8.72. The predicted octanol–water partition coefficient (Wildman–Crippen LogP) is 2.98.